The molecule has 4 rings (SSSR count). The van der Waals surface area contributed by atoms with Gasteiger partial charge in [0.05, 0.1) is 39.7 Å². The second-order valence-corrected chi connectivity index (χ2v) is 8.89. The molecule has 0 N–H and O–H groups in total. The van der Waals surface area contributed by atoms with Gasteiger partial charge in [0.15, 0.2) is 0 Å². The Morgan fingerprint density at radius 1 is 0.522 bits per heavy atom. The lowest BCUT2D eigenvalue weighted by Gasteiger charge is -2.17. The number of nitrogens with zero attached hydrogens (tertiary/aromatic N) is 10. The van der Waals surface area contributed by atoms with E-state index in [2.05, 4.69) is 9.97 Å². The number of nitriles is 8. The van der Waals surface area contributed by atoms with Gasteiger partial charge in [-0.25, -0.2) is 9.97 Å². The molecule has 46 heavy (non-hydrogen) atoms. The molecular weight excluding hydrogens is 614 g/mol. The molecule has 0 saturated carbocycles. The van der Waals surface area contributed by atoms with Crippen LogP contribution in [0.15, 0.2) is 68.9 Å². The third-order valence-corrected chi connectivity index (χ3v) is 6.45. The van der Waals surface area contributed by atoms with Gasteiger partial charge in [0, 0.05) is 33.4 Å². The maximum Gasteiger partial charge on any atom is 0.433 e. The molecule has 0 fully saturated rings. The lowest BCUT2D eigenvalue weighted by molar-refractivity contribution is -0.145. The molecule has 10 nitrogen and oxygen atoms in total. The maximum absolute atomic E-state index is 13.8. The summed E-state index contributed by atoms with van der Waals surface area (Å²) in [5.74, 6) is 0. The van der Waals surface area contributed by atoms with Crippen LogP contribution in [0.5, 0.6) is 0 Å². The summed E-state index contributed by atoms with van der Waals surface area (Å²) in [7, 11) is 0. The van der Waals surface area contributed by atoms with Crippen molar-refractivity contribution >= 4 is 11.1 Å². The third kappa shape index (κ3) is 4.94. The van der Waals surface area contributed by atoms with Gasteiger partial charge in [0.2, 0.25) is 0 Å². The number of aromatic nitrogens is 2. The van der Waals surface area contributed by atoms with E-state index >= 15 is 0 Å². The van der Waals surface area contributed by atoms with Crippen LogP contribution < -0.4 is 0 Å². The highest BCUT2D eigenvalue weighted by Gasteiger charge is 2.46. The molecule has 2 aromatic rings. The fourth-order valence-electron chi connectivity index (χ4n) is 4.76. The van der Waals surface area contributed by atoms with Crippen LogP contribution in [0.3, 0.4) is 0 Å². The highest BCUT2D eigenvalue weighted by atomic mass is 19.4. The zero-order chi connectivity index (χ0) is 34.1. The summed E-state index contributed by atoms with van der Waals surface area (Å²) < 4.78 is 82.5. The summed E-state index contributed by atoms with van der Waals surface area (Å²) in [6, 6.07) is 14.6. The van der Waals surface area contributed by atoms with Crippen molar-refractivity contribution < 1.29 is 26.3 Å². The number of allylic oxidation sites excluding steroid dienone is 10. The van der Waals surface area contributed by atoms with Crippen LogP contribution in [0.2, 0.25) is 0 Å². The van der Waals surface area contributed by atoms with Gasteiger partial charge in [0.25, 0.3) is 0 Å². The van der Waals surface area contributed by atoms with Crippen LogP contribution in [0.4, 0.5) is 26.3 Å². The second-order valence-electron chi connectivity index (χ2n) is 8.89. The lowest BCUT2D eigenvalue weighted by Crippen LogP contribution is -2.15. The topological polar surface area (TPSA) is 216 Å². The Balaban J connectivity index is 2.29. The van der Waals surface area contributed by atoms with E-state index in [4.69, 9.17) is 0 Å². The Labute approximate surface area is 253 Å². The van der Waals surface area contributed by atoms with E-state index in [9.17, 15) is 68.4 Å². The SMILES string of the molecule is N#CC(C#N)=C1C2=C(C(C#N)=C1c1cc(C#N)cc(C#N)n1)C(=C(C#N)C#N)C(c1cc(C(F)(F)F)cc(C(F)(F)F)n1)=C2C#N. The minimum atomic E-state index is -5.45. The van der Waals surface area contributed by atoms with Crippen LogP contribution in [-0.2, 0) is 12.4 Å². The Morgan fingerprint density at radius 2 is 1.00 bits per heavy atom. The van der Waals surface area contributed by atoms with Gasteiger partial charge in [-0.05, 0) is 24.3 Å². The highest BCUT2D eigenvalue weighted by molar-refractivity contribution is 6.10. The number of halogens is 6. The average Bonchev–Trinajstić information content (AvgIpc) is 3.53. The summed E-state index contributed by atoms with van der Waals surface area (Å²) in [5.41, 5.74) is -13.2. The molecular formula is C30H4F6N10. The Hall–Kier alpha value is -7.50. The molecule has 0 radical (unpaired) electrons. The molecule has 0 amide bonds. The van der Waals surface area contributed by atoms with Crippen molar-refractivity contribution in [3.05, 3.63) is 103 Å². The van der Waals surface area contributed by atoms with Crippen molar-refractivity contribution in [2.75, 3.05) is 0 Å². The van der Waals surface area contributed by atoms with Crippen molar-refractivity contribution in [3.63, 3.8) is 0 Å². The quantitative estimate of drug-likeness (QED) is 0.303. The standard InChI is InChI=1S/C30H4F6N10/c31-29(32,33)16-3-21(46-22(4-16)30(34,35)36)26-19(12-44)28-23(14(6-38)7-39)25(20-2-13(5-37)1-17(10-42)45-20)18(11-43)27(28)24(26)15(8-40)9-41/h1-4H. The molecule has 0 unspecified atom stereocenters. The summed E-state index contributed by atoms with van der Waals surface area (Å²) in [5, 5.41) is 78.8. The van der Waals surface area contributed by atoms with Gasteiger partial charge in [-0.15, -0.1) is 0 Å². The van der Waals surface area contributed by atoms with Gasteiger partial charge in [-0.1, -0.05) is 0 Å². The Kier molecular flexibility index (Phi) is 7.72. The van der Waals surface area contributed by atoms with E-state index in [-0.39, 0.29) is 29.1 Å². The predicted molar refractivity (Wildman–Crippen MR) is 137 cm³/mol. The lowest BCUT2D eigenvalue weighted by atomic mass is 9.87. The molecule has 0 atom stereocenters. The van der Waals surface area contributed by atoms with Gasteiger partial charge in [0.1, 0.15) is 65.0 Å². The first-order chi connectivity index (χ1) is 21.7. The first-order valence-corrected chi connectivity index (χ1v) is 11.9. The van der Waals surface area contributed by atoms with E-state index < -0.39 is 85.0 Å². The molecule has 2 aliphatic carbocycles. The van der Waals surface area contributed by atoms with E-state index in [0.29, 0.717) is 0 Å². The van der Waals surface area contributed by atoms with Crippen LogP contribution in [0.25, 0.3) is 11.1 Å². The first-order valence-electron chi connectivity index (χ1n) is 11.9. The van der Waals surface area contributed by atoms with Crippen molar-refractivity contribution in [1.29, 1.82) is 42.1 Å². The number of hydrogen-bond donors (Lipinski definition) is 0. The molecule has 2 aliphatic rings. The summed E-state index contributed by atoms with van der Waals surface area (Å²) in [4.78, 5) is 7.28. The summed E-state index contributed by atoms with van der Waals surface area (Å²) >= 11 is 0. The van der Waals surface area contributed by atoms with Crippen molar-refractivity contribution in [2.45, 2.75) is 12.4 Å². The van der Waals surface area contributed by atoms with Crippen molar-refractivity contribution in [2.24, 2.45) is 0 Å². The fraction of sp³-hybridized carbons (Fsp3) is 0.0667. The Bertz CT molecular complexity index is 2210. The van der Waals surface area contributed by atoms with E-state index in [1.54, 1.807) is 24.3 Å². The van der Waals surface area contributed by atoms with Crippen LogP contribution in [0, 0.1) is 90.6 Å². The van der Waals surface area contributed by atoms with Crippen molar-refractivity contribution in [1.82, 2.24) is 9.97 Å². The minimum absolute atomic E-state index is 0.142. The molecule has 0 aromatic carbocycles. The summed E-state index contributed by atoms with van der Waals surface area (Å²) in [6.45, 7) is 0. The zero-order valence-corrected chi connectivity index (χ0v) is 22.0. The zero-order valence-electron chi connectivity index (χ0n) is 22.0. The number of pyridine rings is 2. The van der Waals surface area contributed by atoms with Gasteiger partial charge < -0.3 is 0 Å². The Morgan fingerprint density at radius 3 is 1.37 bits per heavy atom. The maximum atomic E-state index is 13.8. The largest absolute Gasteiger partial charge is 0.433 e. The van der Waals surface area contributed by atoms with Crippen LogP contribution in [0.1, 0.15) is 33.9 Å². The third-order valence-electron chi connectivity index (χ3n) is 6.45. The molecule has 0 bridgehead atoms. The molecule has 0 spiro atoms. The number of rotatable bonds is 2. The molecule has 2 aromatic heterocycles. The smallest absolute Gasteiger partial charge is 0.243 e. The molecule has 16 heteroatoms. The second kappa shape index (κ2) is 11.3. The highest BCUT2D eigenvalue weighted by Crippen LogP contribution is 2.57. The van der Waals surface area contributed by atoms with Gasteiger partial charge in [-0.2, -0.15) is 68.4 Å². The fourth-order valence-corrected chi connectivity index (χ4v) is 4.76. The number of hydrogen-bond acceptors (Lipinski definition) is 10. The van der Waals surface area contributed by atoms with Crippen molar-refractivity contribution in [3.8, 4) is 48.6 Å². The van der Waals surface area contributed by atoms with E-state index in [1.165, 1.54) is 24.3 Å². The molecule has 0 aliphatic heterocycles. The average molecular weight is 618 g/mol. The van der Waals surface area contributed by atoms with E-state index in [0.717, 1.165) is 12.1 Å². The minimum Gasteiger partial charge on any atom is -0.243 e. The number of alkyl halides is 6. The molecule has 0 saturated heterocycles. The normalized spacial score (nSPS) is 13.8. The first kappa shape index (κ1) is 31.4. The monoisotopic (exact) mass is 618 g/mol. The van der Waals surface area contributed by atoms with Crippen LogP contribution >= 0.6 is 0 Å². The molecule has 216 valence electrons. The predicted octanol–water partition coefficient (Wildman–Crippen LogP) is 5.52. The van der Waals surface area contributed by atoms with Gasteiger partial charge in [-0.3, -0.25) is 0 Å². The van der Waals surface area contributed by atoms with Crippen LogP contribution in [-0.4, -0.2) is 9.97 Å². The van der Waals surface area contributed by atoms with E-state index in [1.807, 2.05) is 0 Å². The summed E-state index contributed by atoms with van der Waals surface area (Å²) in [6.07, 6.45) is -10.8. The van der Waals surface area contributed by atoms with Gasteiger partial charge >= 0.3 is 12.4 Å². The molecule has 2 heterocycles.